The lowest BCUT2D eigenvalue weighted by Crippen LogP contribution is -1.99. The average Bonchev–Trinajstić information content (AvgIpc) is 2.90. The van der Waals surface area contributed by atoms with Crippen LogP contribution in [0.5, 0.6) is 0 Å². The fourth-order valence-corrected chi connectivity index (χ4v) is 2.78. The molecule has 0 saturated carbocycles. The number of fused-ring (bicyclic) bond motifs is 1. The van der Waals surface area contributed by atoms with Gasteiger partial charge in [0.25, 0.3) is 0 Å². The van der Waals surface area contributed by atoms with Crippen molar-refractivity contribution in [1.29, 1.82) is 0 Å². The summed E-state index contributed by atoms with van der Waals surface area (Å²) in [6.07, 6.45) is 2.61. The molecule has 0 radical (unpaired) electrons. The average molecular weight is 244 g/mol. The minimum absolute atomic E-state index is 0.820. The fraction of sp³-hybridized carbons (Fsp3) is 0.250. The Morgan fingerprint density at radius 2 is 2.29 bits per heavy atom. The maximum Gasteiger partial charge on any atom is 0.0941 e. The number of hydrogen-bond acceptors (Lipinski definition) is 4. The molecule has 17 heavy (non-hydrogen) atoms. The zero-order valence-electron chi connectivity index (χ0n) is 9.71. The van der Waals surface area contributed by atoms with Crippen molar-refractivity contribution in [3.05, 3.63) is 40.0 Å². The molecule has 0 unspecified atom stereocenters. The molecular formula is C12H12N4S. The number of aryl methyl sites for hydroxylation is 2. The molecule has 3 aromatic heterocycles. The first-order valence-electron chi connectivity index (χ1n) is 5.42. The monoisotopic (exact) mass is 244 g/mol. The second kappa shape index (κ2) is 3.92. The van der Waals surface area contributed by atoms with Gasteiger partial charge in [0.1, 0.15) is 0 Å². The SMILES string of the molecule is Cc1nn(C)c2c(Cc3cccs3)nncc12. The van der Waals surface area contributed by atoms with Crippen molar-refractivity contribution in [2.24, 2.45) is 7.05 Å². The molecule has 0 aliphatic carbocycles. The van der Waals surface area contributed by atoms with Crippen LogP contribution in [0.4, 0.5) is 0 Å². The third kappa shape index (κ3) is 1.72. The highest BCUT2D eigenvalue weighted by molar-refractivity contribution is 7.09. The van der Waals surface area contributed by atoms with E-state index in [-0.39, 0.29) is 0 Å². The van der Waals surface area contributed by atoms with Crippen LogP contribution in [-0.4, -0.2) is 20.0 Å². The Morgan fingerprint density at radius 3 is 3.06 bits per heavy atom. The molecule has 3 aromatic rings. The summed E-state index contributed by atoms with van der Waals surface area (Å²) >= 11 is 1.74. The van der Waals surface area contributed by atoms with Gasteiger partial charge in [-0.05, 0) is 18.4 Å². The highest BCUT2D eigenvalue weighted by atomic mass is 32.1. The molecule has 3 rings (SSSR count). The van der Waals surface area contributed by atoms with Crippen molar-refractivity contribution in [2.45, 2.75) is 13.3 Å². The molecule has 0 bridgehead atoms. The molecule has 0 aliphatic heterocycles. The number of nitrogens with zero attached hydrogens (tertiary/aromatic N) is 4. The molecule has 3 heterocycles. The minimum atomic E-state index is 0.820. The van der Waals surface area contributed by atoms with Gasteiger partial charge >= 0.3 is 0 Å². The van der Waals surface area contributed by atoms with Gasteiger partial charge in [-0.15, -0.1) is 11.3 Å². The Morgan fingerprint density at radius 1 is 1.41 bits per heavy atom. The van der Waals surface area contributed by atoms with Crippen LogP contribution in [0.15, 0.2) is 23.7 Å². The molecule has 0 saturated heterocycles. The summed E-state index contributed by atoms with van der Waals surface area (Å²) in [5.74, 6) is 0. The van der Waals surface area contributed by atoms with Gasteiger partial charge in [0.15, 0.2) is 0 Å². The number of aromatic nitrogens is 4. The van der Waals surface area contributed by atoms with E-state index >= 15 is 0 Å². The van der Waals surface area contributed by atoms with Gasteiger partial charge < -0.3 is 0 Å². The number of thiophene rings is 1. The lowest BCUT2D eigenvalue weighted by atomic mass is 10.2. The lowest BCUT2D eigenvalue weighted by molar-refractivity contribution is 0.774. The topological polar surface area (TPSA) is 43.6 Å². The predicted octanol–water partition coefficient (Wildman–Crippen LogP) is 2.32. The van der Waals surface area contributed by atoms with Crippen molar-refractivity contribution < 1.29 is 0 Å². The van der Waals surface area contributed by atoms with Crippen LogP contribution in [0.2, 0.25) is 0 Å². The van der Waals surface area contributed by atoms with E-state index in [4.69, 9.17) is 0 Å². The van der Waals surface area contributed by atoms with E-state index in [0.717, 1.165) is 28.7 Å². The molecule has 5 heteroatoms. The summed E-state index contributed by atoms with van der Waals surface area (Å²) in [7, 11) is 1.95. The first kappa shape index (κ1) is 10.4. The quantitative estimate of drug-likeness (QED) is 0.695. The Balaban J connectivity index is 2.16. The first-order valence-corrected chi connectivity index (χ1v) is 6.30. The number of hydrogen-bond donors (Lipinski definition) is 0. The molecule has 0 fully saturated rings. The summed E-state index contributed by atoms with van der Waals surface area (Å²) in [4.78, 5) is 1.30. The van der Waals surface area contributed by atoms with Crippen molar-refractivity contribution in [1.82, 2.24) is 20.0 Å². The van der Waals surface area contributed by atoms with Gasteiger partial charge in [-0.25, -0.2) is 0 Å². The van der Waals surface area contributed by atoms with E-state index in [1.54, 1.807) is 17.5 Å². The van der Waals surface area contributed by atoms with Gasteiger partial charge in [-0.3, -0.25) is 4.68 Å². The van der Waals surface area contributed by atoms with Gasteiger partial charge in [0.2, 0.25) is 0 Å². The highest BCUT2D eigenvalue weighted by Gasteiger charge is 2.12. The smallest absolute Gasteiger partial charge is 0.0941 e. The molecule has 0 N–H and O–H groups in total. The van der Waals surface area contributed by atoms with E-state index in [1.165, 1.54) is 4.88 Å². The molecular weight excluding hydrogens is 232 g/mol. The Hall–Kier alpha value is -1.75. The molecule has 0 amide bonds. The van der Waals surface area contributed by atoms with Gasteiger partial charge in [0, 0.05) is 23.7 Å². The highest BCUT2D eigenvalue weighted by Crippen LogP contribution is 2.22. The van der Waals surface area contributed by atoms with Crippen LogP contribution < -0.4 is 0 Å². The van der Waals surface area contributed by atoms with Crippen molar-refractivity contribution in [2.75, 3.05) is 0 Å². The van der Waals surface area contributed by atoms with E-state index < -0.39 is 0 Å². The van der Waals surface area contributed by atoms with E-state index in [1.807, 2.05) is 18.7 Å². The predicted molar refractivity (Wildman–Crippen MR) is 68.2 cm³/mol. The molecule has 0 aromatic carbocycles. The summed E-state index contributed by atoms with van der Waals surface area (Å²) in [5, 5.41) is 15.9. The summed E-state index contributed by atoms with van der Waals surface area (Å²) in [6, 6.07) is 4.18. The van der Waals surface area contributed by atoms with Crippen LogP contribution in [0.1, 0.15) is 16.3 Å². The van der Waals surface area contributed by atoms with E-state index in [0.29, 0.717) is 0 Å². The van der Waals surface area contributed by atoms with Crippen molar-refractivity contribution >= 4 is 22.2 Å². The largest absolute Gasteiger partial charge is 0.266 e. The maximum atomic E-state index is 4.42. The Labute approximate surface area is 103 Å². The van der Waals surface area contributed by atoms with Crippen LogP contribution in [0.25, 0.3) is 10.9 Å². The van der Waals surface area contributed by atoms with Gasteiger partial charge in [-0.1, -0.05) is 6.07 Å². The van der Waals surface area contributed by atoms with Crippen molar-refractivity contribution in [3.63, 3.8) is 0 Å². The third-order valence-corrected chi connectivity index (χ3v) is 3.71. The molecule has 0 atom stereocenters. The van der Waals surface area contributed by atoms with Crippen molar-refractivity contribution in [3.8, 4) is 0 Å². The maximum absolute atomic E-state index is 4.42. The van der Waals surface area contributed by atoms with Crippen LogP contribution >= 0.6 is 11.3 Å². The zero-order chi connectivity index (χ0) is 11.8. The standard InChI is InChI=1S/C12H12N4S/c1-8-10-7-13-14-11(12(10)16(2)15-8)6-9-4-3-5-17-9/h3-5,7H,6H2,1-2H3. The fourth-order valence-electron chi connectivity index (χ4n) is 2.07. The lowest BCUT2D eigenvalue weighted by Gasteiger charge is -2.01. The summed E-state index contributed by atoms with van der Waals surface area (Å²) < 4.78 is 1.89. The van der Waals surface area contributed by atoms with Gasteiger partial charge in [-0.2, -0.15) is 15.3 Å². The zero-order valence-corrected chi connectivity index (χ0v) is 10.5. The molecule has 0 aliphatic rings. The molecule has 4 nitrogen and oxygen atoms in total. The second-order valence-corrected chi connectivity index (χ2v) is 5.05. The Kier molecular flexibility index (Phi) is 2.40. The van der Waals surface area contributed by atoms with Crippen LogP contribution in [0, 0.1) is 6.92 Å². The van der Waals surface area contributed by atoms with Gasteiger partial charge in [0.05, 0.1) is 23.1 Å². The minimum Gasteiger partial charge on any atom is -0.266 e. The number of rotatable bonds is 2. The second-order valence-electron chi connectivity index (χ2n) is 4.02. The van der Waals surface area contributed by atoms with E-state index in [2.05, 4.69) is 32.8 Å². The summed E-state index contributed by atoms with van der Waals surface area (Å²) in [5.41, 5.74) is 3.09. The van der Waals surface area contributed by atoms with Crippen LogP contribution in [0.3, 0.4) is 0 Å². The third-order valence-electron chi connectivity index (χ3n) is 2.83. The Bertz CT molecular complexity index is 655. The summed E-state index contributed by atoms with van der Waals surface area (Å²) in [6.45, 7) is 2.00. The molecule has 86 valence electrons. The molecule has 0 spiro atoms. The van der Waals surface area contributed by atoms with Crippen LogP contribution in [-0.2, 0) is 13.5 Å². The normalized spacial score (nSPS) is 11.2. The van der Waals surface area contributed by atoms with E-state index in [9.17, 15) is 0 Å². The first-order chi connectivity index (χ1) is 8.25.